The standard InChI is InChI=1S/C11H8ClF2N3O2S/c12-6-1-2-16-10(3-6)17-20(18,19)11-8(13)4-7(15)5-9(11)14/h1-5H,15H2,(H,16,17). The number of nitrogens with one attached hydrogen (secondary N) is 1. The highest BCUT2D eigenvalue weighted by molar-refractivity contribution is 7.92. The second kappa shape index (κ2) is 5.22. The third kappa shape index (κ3) is 2.97. The van der Waals surface area contributed by atoms with Gasteiger partial charge in [0.2, 0.25) is 0 Å². The zero-order chi connectivity index (χ0) is 14.9. The highest BCUT2D eigenvalue weighted by atomic mass is 35.5. The molecule has 5 nitrogen and oxygen atoms in total. The van der Waals surface area contributed by atoms with Crippen LogP contribution in [0.25, 0.3) is 0 Å². The fraction of sp³-hybridized carbons (Fsp3) is 0. The molecule has 0 radical (unpaired) electrons. The minimum atomic E-state index is -4.48. The summed E-state index contributed by atoms with van der Waals surface area (Å²) in [5.41, 5.74) is 5.00. The van der Waals surface area contributed by atoms with Crippen LogP contribution < -0.4 is 10.5 Å². The number of rotatable bonds is 3. The van der Waals surface area contributed by atoms with Crippen LogP contribution in [0.15, 0.2) is 35.4 Å². The molecule has 0 amide bonds. The van der Waals surface area contributed by atoms with Crippen LogP contribution in [0.4, 0.5) is 20.3 Å². The van der Waals surface area contributed by atoms with Gasteiger partial charge >= 0.3 is 0 Å². The molecular weight excluding hydrogens is 312 g/mol. The Morgan fingerprint density at radius 2 is 1.80 bits per heavy atom. The lowest BCUT2D eigenvalue weighted by Crippen LogP contribution is -2.17. The molecule has 0 saturated heterocycles. The monoisotopic (exact) mass is 319 g/mol. The van der Waals surface area contributed by atoms with Crippen molar-refractivity contribution in [3.8, 4) is 0 Å². The molecule has 3 N–H and O–H groups in total. The quantitative estimate of drug-likeness (QED) is 0.851. The maximum absolute atomic E-state index is 13.6. The number of hydrogen-bond donors (Lipinski definition) is 2. The molecule has 1 aromatic carbocycles. The van der Waals surface area contributed by atoms with Crippen molar-refractivity contribution >= 4 is 33.1 Å². The Labute approximate surface area is 118 Å². The van der Waals surface area contributed by atoms with Crippen molar-refractivity contribution in [3.05, 3.63) is 47.1 Å². The maximum atomic E-state index is 13.6. The molecule has 2 aromatic rings. The third-order valence-electron chi connectivity index (χ3n) is 2.25. The van der Waals surface area contributed by atoms with E-state index in [1.54, 1.807) is 0 Å². The second-order valence-electron chi connectivity index (χ2n) is 3.78. The van der Waals surface area contributed by atoms with E-state index in [2.05, 4.69) is 4.98 Å². The van der Waals surface area contributed by atoms with E-state index in [0.717, 1.165) is 0 Å². The van der Waals surface area contributed by atoms with E-state index in [1.165, 1.54) is 18.3 Å². The van der Waals surface area contributed by atoms with E-state index in [9.17, 15) is 17.2 Å². The summed E-state index contributed by atoms with van der Waals surface area (Å²) in [5, 5.41) is 0.218. The number of nitrogen functional groups attached to an aromatic ring is 1. The van der Waals surface area contributed by atoms with Gasteiger partial charge in [0.05, 0.1) is 0 Å². The van der Waals surface area contributed by atoms with E-state index in [1.807, 2.05) is 4.72 Å². The van der Waals surface area contributed by atoms with E-state index in [-0.39, 0.29) is 16.5 Å². The van der Waals surface area contributed by atoms with Crippen molar-refractivity contribution < 1.29 is 17.2 Å². The second-order valence-corrected chi connectivity index (χ2v) is 5.83. The van der Waals surface area contributed by atoms with Crippen LogP contribution >= 0.6 is 11.6 Å². The maximum Gasteiger partial charge on any atom is 0.268 e. The van der Waals surface area contributed by atoms with Crippen LogP contribution in [0.5, 0.6) is 0 Å². The number of hydrogen-bond acceptors (Lipinski definition) is 4. The van der Waals surface area contributed by atoms with Gasteiger partial charge in [-0.3, -0.25) is 4.72 Å². The van der Waals surface area contributed by atoms with Crippen molar-refractivity contribution in [2.45, 2.75) is 4.90 Å². The van der Waals surface area contributed by atoms with Crippen LogP contribution in [0.1, 0.15) is 0 Å². The molecule has 0 fully saturated rings. The molecule has 0 bridgehead atoms. The Bertz CT molecular complexity index is 745. The number of benzene rings is 1. The number of aromatic nitrogens is 1. The number of anilines is 2. The Balaban J connectivity index is 2.46. The Morgan fingerprint density at radius 3 is 2.35 bits per heavy atom. The molecule has 0 spiro atoms. The summed E-state index contributed by atoms with van der Waals surface area (Å²) in [5.74, 6) is -2.75. The average Bonchev–Trinajstić information content (AvgIpc) is 2.25. The van der Waals surface area contributed by atoms with Crippen LogP contribution in [-0.2, 0) is 10.0 Å². The van der Waals surface area contributed by atoms with Gasteiger partial charge in [0.25, 0.3) is 10.0 Å². The SMILES string of the molecule is Nc1cc(F)c(S(=O)(=O)Nc2cc(Cl)ccn2)c(F)c1. The van der Waals surface area contributed by atoms with Crippen LogP contribution in [-0.4, -0.2) is 13.4 Å². The number of nitrogens with zero attached hydrogens (tertiary/aromatic N) is 1. The lowest BCUT2D eigenvalue weighted by atomic mass is 10.3. The number of pyridine rings is 1. The van der Waals surface area contributed by atoms with Crippen LogP contribution in [0, 0.1) is 11.6 Å². The first-order valence-corrected chi connectivity index (χ1v) is 7.04. The smallest absolute Gasteiger partial charge is 0.268 e. The highest BCUT2D eigenvalue weighted by Gasteiger charge is 2.25. The Kier molecular flexibility index (Phi) is 3.78. The van der Waals surface area contributed by atoms with Gasteiger partial charge in [0, 0.05) is 23.0 Å². The number of sulfonamides is 1. The van der Waals surface area contributed by atoms with Gasteiger partial charge in [0.15, 0.2) is 4.90 Å². The van der Waals surface area contributed by atoms with Crippen molar-refractivity contribution in [1.29, 1.82) is 0 Å². The summed E-state index contributed by atoms with van der Waals surface area (Å²) in [6.45, 7) is 0. The van der Waals surface area contributed by atoms with Gasteiger partial charge in [-0.15, -0.1) is 0 Å². The topological polar surface area (TPSA) is 85.1 Å². The summed E-state index contributed by atoms with van der Waals surface area (Å²) in [4.78, 5) is 2.55. The molecule has 0 aliphatic carbocycles. The normalized spacial score (nSPS) is 11.3. The van der Waals surface area contributed by atoms with E-state index in [0.29, 0.717) is 12.1 Å². The predicted molar refractivity (Wildman–Crippen MR) is 70.8 cm³/mol. The van der Waals surface area contributed by atoms with E-state index >= 15 is 0 Å². The van der Waals surface area contributed by atoms with Crippen molar-refractivity contribution in [2.75, 3.05) is 10.5 Å². The Hall–Kier alpha value is -1.93. The Morgan fingerprint density at radius 1 is 1.20 bits per heavy atom. The van der Waals surface area contributed by atoms with Gasteiger partial charge in [-0.1, -0.05) is 11.6 Å². The van der Waals surface area contributed by atoms with Gasteiger partial charge in [-0.25, -0.2) is 22.2 Å². The number of halogens is 3. The zero-order valence-electron chi connectivity index (χ0n) is 9.77. The predicted octanol–water partition coefficient (Wildman–Crippen LogP) is 2.40. The van der Waals surface area contributed by atoms with Crippen LogP contribution in [0.2, 0.25) is 5.02 Å². The summed E-state index contributed by atoms with van der Waals surface area (Å²) in [7, 11) is -4.48. The minimum Gasteiger partial charge on any atom is -0.399 e. The molecule has 106 valence electrons. The highest BCUT2D eigenvalue weighted by Crippen LogP contribution is 2.24. The molecule has 1 aromatic heterocycles. The molecule has 9 heteroatoms. The summed E-state index contributed by atoms with van der Waals surface area (Å²) >= 11 is 5.66. The summed E-state index contributed by atoms with van der Waals surface area (Å²) in [6, 6.07) is 4.04. The van der Waals surface area contributed by atoms with Crippen molar-refractivity contribution in [3.63, 3.8) is 0 Å². The van der Waals surface area contributed by atoms with Crippen LogP contribution in [0.3, 0.4) is 0 Å². The zero-order valence-corrected chi connectivity index (χ0v) is 11.3. The molecule has 0 saturated carbocycles. The fourth-order valence-corrected chi connectivity index (χ4v) is 2.77. The fourth-order valence-electron chi connectivity index (χ4n) is 1.49. The van der Waals surface area contributed by atoms with Gasteiger partial charge in [0.1, 0.15) is 17.5 Å². The molecule has 0 unspecified atom stereocenters. The molecule has 0 atom stereocenters. The first-order chi connectivity index (χ1) is 9.29. The largest absolute Gasteiger partial charge is 0.399 e. The van der Waals surface area contributed by atoms with E-state index in [4.69, 9.17) is 17.3 Å². The molecule has 2 rings (SSSR count). The third-order valence-corrected chi connectivity index (χ3v) is 3.89. The molecule has 0 aliphatic rings. The van der Waals surface area contributed by atoms with Gasteiger partial charge in [-0.2, -0.15) is 0 Å². The lowest BCUT2D eigenvalue weighted by Gasteiger charge is -2.09. The van der Waals surface area contributed by atoms with E-state index < -0.39 is 26.6 Å². The summed E-state index contributed by atoms with van der Waals surface area (Å²) < 4.78 is 53.0. The number of nitrogens with two attached hydrogens (primary N) is 1. The molecule has 0 aliphatic heterocycles. The first kappa shape index (κ1) is 14.5. The molecule has 1 heterocycles. The minimum absolute atomic E-state index is 0.159. The molecule has 20 heavy (non-hydrogen) atoms. The van der Waals surface area contributed by atoms with Gasteiger partial charge in [-0.05, 0) is 18.2 Å². The van der Waals surface area contributed by atoms with Gasteiger partial charge < -0.3 is 5.73 Å². The van der Waals surface area contributed by atoms with Crippen molar-refractivity contribution in [1.82, 2.24) is 4.98 Å². The van der Waals surface area contributed by atoms with Crippen molar-refractivity contribution in [2.24, 2.45) is 0 Å². The average molecular weight is 320 g/mol. The lowest BCUT2D eigenvalue weighted by molar-refractivity contribution is 0.522. The summed E-state index contributed by atoms with van der Waals surface area (Å²) in [6.07, 6.45) is 1.25. The molecular formula is C11H8ClF2N3O2S. The first-order valence-electron chi connectivity index (χ1n) is 5.18.